The zero-order chi connectivity index (χ0) is 17.3. The third kappa shape index (κ3) is 3.09. The largest absolute Gasteiger partial charge is 0.362 e. The highest BCUT2D eigenvalue weighted by Gasteiger charge is 2.30. The summed E-state index contributed by atoms with van der Waals surface area (Å²) in [6, 6.07) is 10.2. The zero-order valence-electron chi connectivity index (χ0n) is 13.8. The van der Waals surface area contributed by atoms with Crippen LogP contribution in [0.4, 0.5) is 0 Å². The van der Waals surface area contributed by atoms with E-state index < -0.39 is 10.0 Å². The number of aryl methyl sites for hydroxylation is 2. The molecule has 7 heteroatoms. The Labute approximate surface area is 142 Å². The molecule has 1 aromatic carbocycles. The first-order valence-corrected chi connectivity index (χ1v) is 9.34. The second-order valence-electron chi connectivity index (χ2n) is 6.00. The molecule has 1 amide bonds. The third-order valence-electron chi connectivity index (χ3n) is 4.29. The van der Waals surface area contributed by atoms with Gasteiger partial charge in [-0.2, -0.15) is 4.31 Å². The molecule has 2 heterocycles. The summed E-state index contributed by atoms with van der Waals surface area (Å²) in [7, 11) is -3.49. The van der Waals surface area contributed by atoms with Crippen LogP contribution in [0.25, 0.3) is 0 Å². The molecule has 1 aliphatic rings. The molecule has 1 saturated heterocycles. The van der Waals surface area contributed by atoms with Gasteiger partial charge in [0.1, 0.15) is 0 Å². The second-order valence-corrected chi connectivity index (χ2v) is 7.94. The summed E-state index contributed by atoms with van der Waals surface area (Å²) in [5.74, 6) is -0.0476. The molecule has 24 heavy (non-hydrogen) atoms. The maximum atomic E-state index is 12.6. The molecule has 1 aliphatic heterocycles. The highest BCUT2D eigenvalue weighted by molar-refractivity contribution is 7.89. The average Bonchev–Trinajstić information content (AvgIpc) is 2.93. The lowest BCUT2D eigenvalue weighted by Gasteiger charge is -2.34. The lowest BCUT2D eigenvalue weighted by Crippen LogP contribution is -2.50. The molecule has 0 unspecified atom stereocenters. The predicted octanol–water partition coefficient (Wildman–Crippen LogP) is 1.78. The van der Waals surface area contributed by atoms with E-state index in [1.54, 1.807) is 35.2 Å². The number of aromatic amines is 1. The van der Waals surface area contributed by atoms with Crippen LogP contribution in [0.5, 0.6) is 0 Å². The van der Waals surface area contributed by atoms with Gasteiger partial charge in [0.2, 0.25) is 10.0 Å². The molecule has 1 N–H and O–H groups in total. The van der Waals surface area contributed by atoms with Crippen molar-refractivity contribution in [3.63, 3.8) is 0 Å². The smallest absolute Gasteiger partial charge is 0.255 e. The van der Waals surface area contributed by atoms with Gasteiger partial charge in [0.25, 0.3) is 5.91 Å². The van der Waals surface area contributed by atoms with E-state index in [2.05, 4.69) is 4.98 Å². The highest BCUT2D eigenvalue weighted by Crippen LogP contribution is 2.19. The third-order valence-corrected chi connectivity index (χ3v) is 6.20. The SMILES string of the molecule is Cc1cc(C(=O)N2CCN(S(=O)(=O)c3ccccc3)CC2)c(C)[nH]1. The lowest BCUT2D eigenvalue weighted by atomic mass is 10.2. The van der Waals surface area contributed by atoms with Crippen molar-refractivity contribution in [3.05, 3.63) is 53.3 Å². The maximum Gasteiger partial charge on any atom is 0.255 e. The van der Waals surface area contributed by atoms with Gasteiger partial charge in [-0.1, -0.05) is 18.2 Å². The minimum Gasteiger partial charge on any atom is -0.362 e. The number of sulfonamides is 1. The molecule has 6 nitrogen and oxygen atoms in total. The van der Waals surface area contributed by atoms with E-state index in [1.807, 2.05) is 19.9 Å². The van der Waals surface area contributed by atoms with Crippen LogP contribution in [-0.4, -0.2) is 54.7 Å². The van der Waals surface area contributed by atoms with Gasteiger partial charge in [-0.25, -0.2) is 8.42 Å². The second kappa shape index (κ2) is 6.41. The predicted molar refractivity (Wildman–Crippen MR) is 91.4 cm³/mol. The van der Waals surface area contributed by atoms with E-state index in [0.717, 1.165) is 11.4 Å². The lowest BCUT2D eigenvalue weighted by molar-refractivity contribution is 0.0697. The van der Waals surface area contributed by atoms with Gasteiger partial charge >= 0.3 is 0 Å². The number of carbonyl (C=O) groups excluding carboxylic acids is 1. The van der Waals surface area contributed by atoms with Crippen molar-refractivity contribution in [1.82, 2.24) is 14.2 Å². The number of amides is 1. The molecular weight excluding hydrogens is 326 g/mol. The van der Waals surface area contributed by atoms with Crippen LogP contribution >= 0.6 is 0 Å². The average molecular weight is 347 g/mol. The van der Waals surface area contributed by atoms with Crippen LogP contribution < -0.4 is 0 Å². The maximum absolute atomic E-state index is 12.6. The number of nitrogens with one attached hydrogen (secondary N) is 1. The molecule has 0 bridgehead atoms. The van der Waals surface area contributed by atoms with E-state index in [-0.39, 0.29) is 5.91 Å². The number of carbonyl (C=O) groups is 1. The summed E-state index contributed by atoms with van der Waals surface area (Å²) in [6.45, 7) is 5.20. The molecule has 1 fully saturated rings. The number of H-pyrrole nitrogens is 1. The number of piperazine rings is 1. The van der Waals surface area contributed by atoms with Gasteiger partial charge in [-0.15, -0.1) is 0 Å². The Hall–Kier alpha value is -2.12. The van der Waals surface area contributed by atoms with Crippen molar-refractivity contribution in [3.8, 4) is 0 Å². The monoisotopic (exact) mass is 347 g/mol. The summed E-state index contributed by atoms with van der Waals surface area (Å²) in [5.41, 5.74) is 2.45. The fourth-order valence-corrected chi connectivity index (χ4v) is 4.43. The highest BCUT2D eigenvalue weighted by atomic mass is 32.2. The van der Waals surface area contributed by atoms with Gasteiger partial charge in [-0.3, -0.25) is 4.79 Å². The Morgan fingerprint density at radius 1 is 1.04 bits per heavy atom. The Kier molecular flexibility index (Phi) is 4.47. The van der Waals surface area contributed by atoms with Gasteiger partial charge in [0.05, 0.1) is 10.5 Å². The molecule has 2 aromatic rings. The van der Waals surface area contributed by atoms with Crippen molar-refractivity contribution in [2.75, 3.05) is 26.2 Å². The first-order chi connectivity index (χ1) is 11.4. The topological polar surface area (TPSA) is 73.5 Å². The molecule has 1 aromatic heterocycles. The van der Waals surface area contributed by atoms with Crippen molar-refractivity contribution < 1.29 is 13.2 Å². The van der Waals surface area contributed by atoms with E-state index in [9.17, 15) is 13.2 Å². The van der Waals surface area contributed by atoms with E-state index in [1.165, 1.54) is 4.31 Å². The zero-order valence-corrected chi connectivity index (χ0v) is 14.6. The minimum atomic E-state index is -3.49. The molecule has 0 saturated carbocycles. The molecule has 0 spiro atoms. The van der Waals surface area contributed by atoms with Crippen LogP contribution in [0, 0.1) is 13.8 Å². The molecule has 0 atom stereocenters. The van der Waals surface area contributed by atoms with Crippen LogP contribution in [-0.2, 0) is 10.0 Å². The van der Waals surface area contributed by atoms with Gasteiger partial charge in [-0.05, 0) is 32.0 Å². The van der Waals surface area contributed by atoms with Gasteiger partial charge in [0, 0.05) is 37.6 Å². The summed E-state index contributed by atoms with van der Waals surface area (Å²) in [5, 5.41) is 0. The Bertz CT molecular complexity index is 835. The van der Waals surface area contributed by atoms with Crippen molar-refractivity contribution in [2.24, 2.45) is 0 Å². The van der Waals surface area contributed by atoms with Crippen LogP contribution in [0.1, 0.15) is 21.7 Å². The quantitative estimate of drug-likeness (QED) is 0.920. The van der Waals surface area contributed by atoms with Crippen LogP contribution in [0.3, 0.4) is 0 Å². The van der Waals surface area contributed by atoms with E-state index in [4.69, 9.17) is 0 Å². The summed E-state index contributed by atoms with van der Waals surface area (Å²) >= 11 is 0. The van der Waals surface area contributed by atoms with Crippen LogP contribution in [0.2, 0.25) is 0 Å². The van der Waals surface area contributed by atoms with Crippen molar-refractivity contribution in [1.29, 1.82) is 0 Å². The first-order valence-electron chi connectivity index (χ1n) is 7.90. The fraction of sp³-hybridized carbons (Fsp3) is 0.353. The number of hydrogen-bond donors (Lipinski definition) is 1. The minimum absolute atomic E-state index is 0.0476. The van der Waals surface area contributed by atoms with Crippen molar-refractivity contribution >= 4 is 15.9 Å². The number of nitrogens with zero attached hydrogens (tertiary/aromatic N) is 2. The van der Waals surface area contributed by atoms with E-state index in [0.29, 0.717) is 36.6 Å². The Morgan fingerprint density at radius 3 is 2.21 bits per heavy atom. The standard InChI is InChI=1S/C17H21N3O3S/c1-13-12-16(14(2)18-13)17(21)19-8-10-20(11-9-19)24(22,23)15-6-4-3-5-7-15/h3-7,12,18H,8-11H2,1-2H3. The van der Waals surface area contributed by atoms with Gasteiger partial charge < -0.3 is 9.88 Å². The number of rotatable bonds is 3. The summed E-state index contributed by atoms with van der Waals surface area (Å²) in [6.07, 6.45) is 0. The number of aromatic nitrogens is 1. The van der Waals surface area contributed by atoms with Gasteiger partial charge in [0.15, 0.2) is 0 Å². The molecular formula is C17H21N3O3S. The van der Waals surface area contributed by atoms with E-state index >= 15 is 0 Å². The Morgan fingerprint density at radius 2 is 1.67 bits per heavy atom. The summed E-state index contributed by atoms with van der Waals surface area (Å²) < 4.78 is 26.7. The molecule has 3 rings (SSSR count). The van der Waals surface area contributed by atoms with Crippen molar-refractivity contribution in [2.45, 2.75) is 18.7 Å². The molecule has 128 valence electrons. The Balaban J connectivity index is 1.70. The molecule has 0 aliphatic carbocycles. The first kappa shape index (κ1) is 16.7. The normalized spacial score (nSPS) is 16.3. The van der Waals surface area contributed by atoms with Crippen LogP contribution in [0.15, 0.2) is 41.3 Å². The number of benzene rings is 1. The molecule has 0 radical (unpaired) electrons. The number of hydrogen-bond acceptors (Lipinski definition) is 3. The fourth-order valence-electron chi connectivity index (χ4n) is 2.99. The summed E-state index contributed by atoms with van der Waals surface area (Å²) in [4.78, 5) is 17.7.